The molecule has 0 aromatic heterocycles. The van der Waals surface area contributed by atoms with E-state index >= 15 is 0 Å². The lowest BCUT2D eigenvalue weighted by atomic mass is 9.95. The third-order valence-corrected chi connectivity index (χ3v) is 6.12. The number of guanidine groups is 1. The van der Waals surface area contributed by atoms with Gasteiger partial charge in [-0.25, -0.2) is 4.39 Å². The molecule has 0 spiro atoms. The zero-order valence-corrected chi connectivity index (χ0v) is 15.8. The van der Waals surface area contributed by atoms with Crippen LogP contribution in [0.2, 0.25) is 0 Å². The fourth-order valence-electron chi connectivity index (χ4n) is 4.15. The van der Waals surface area contributed by atoms with Crippen LogP contribution in [0.3, 0.4) is 0 Å². The summed E-state index contributed by atoms with van der Waals surface area (Å²) in [6.07, 6.45) is 7.19. The molecule has 2 saturated carbocycles. The number of aliphatic imine (C=N–C) groups is 1. The molecule has 4 rings (SSSR count). The van der Waals surface area contributed by atoms with E-state index in [1.807, 2.05) is 12.1 Å². The van der Waals surface area contributed by atoms with E-state index in [2.05, 4.69) is 22.5 Å². The first kappa shape index (κ1) is 17.8. The Morgan fingerprint density at radius 3 is 2.54 bits per heavy atom. The summed E-state index contributed by atoms with van der Waals surface area (Å²) in [5, 5.41) is 7.00. The molecule has 0 atom stereocenters. The molecule has 26 heavy (non-hydrogen) atoms. The molecule has 0 amide bonds. The van der Waals surface area contributed by atoms with Gasteiger partial charge in [0, 0.05) is 37.1 Å². The third kappa shape index (κ3) is 4.03. The van der Waals surface area contributed by atoms with Crippen molar-refractivity contribution in [2.24, 2.45) is 4.99 Å². The van der Waals surface area contributed by atoms with E-state index in [1.165, 1.54) is 38.8 Å². The van der Waals surface area contributed by atoms with Crippen LogP contribution in [0.5, 0.6) is 0 Å². The minimum Gasteiger partial charge on any atom is -0.357 e. The molecular weight excluding hydrogens is 327 g/mol. The normalized spacial score (nSPS) is 23.7. The molecule has 3 fully saturated rings. The van der Waals surface area contributed by atoms with Crippen LogP contribution < -0.4 is 10.6 Å². The van der Waals surface area contributed by atoms with Crippen LogP contribution >= 0.6 is 0 Å². The Bertz CT molecular complexity index is 643. The smallest absolute Gasteiger partial charge is 0.191 e. The van der Waals surface area contributed by atoms with Crippen LogP contribution in [-0.4, -0.2) is 49.1 Å². The molecule has 2 aliphatic carbocycles. The number of benzene rings is 1. The van der Waals surface area contributed by atoms with Crippen molar-refractivity contribution in [3.05, 3.63) is 35.6 Å². The Balaban J connectivity index is 1.36. The van der Waals surface area contributed by atoms with Gasteiger partial charge in [0.15, 0.2) is 5.96 Å². The fourth-order valence-corrected chi connectivity index (χ4v) is 4.15. The molecule has 1 aliphatic heterocycles. The highest BCUT2D eigenvalue weighted by Crippen LogP contribution is 2.49. The predicted molar refractivity (Wildman–Crippen MR) is 104 cm³/mol. The van der Waals surface area contributed by atoms with Gasteiger partial charge in [0.2, 0.25) is 0 Å². The second-order valence-corrected chi connectivity index (χ2v) is 8.14. The molecule has 1 aromatic carbocycles. The number of rotatable bonds is 6. The molecule has 0 bridgehead atoms. The first-order chi connectivity index (χ1) is 12.7. The van der Waals surface area contributed by atoms with E-state index in [0.717, 1.165) is 37.0 Å². The van der Waals surface area contributed by atoms with Crippen molar-refractivity contribution < 1.29 is 4.39 Å². The molecule has 142 valence electrons. The van der Waals surface area contributed by atoms with Crippen molar-refractivity contribution in [2.45, 2.75) is 62.9 Å². The topological polar surface area (TPSA) is 39.7 Å². The third-order valence-electron chi connectivity index (χ3n) is 6.12. The maximum Gasteiger partial charge on any atom is 0.191 e. The predicted octanol–water partition coefficient (Wildman–Crippen LogP) is 3.04. The van der Waals surface area contributed by atoms with Gasteiger partial charge in [-0.3, -0.25) is 4.99 Å². The molecule has 1 saturated heterocycles. The molecule has 1 heterocycles. The van der Waals surface area contributed by atoms with Crippen LogP contribution in [0.4, 0.5) is 4.39 Å². The Kier molecular flexibility index (Phi) is 5.16. The molecule has 4 nitrogen and oxygen atoms in total. The Labute approximate surface area is 156 Å². The largest absolute Gasteiger partial charge is 0.357 e. The number of hydrogen-bond donors (Lipinski definition) is 2. The summed E-state index contributed by atoms with van der Waals surface area (Å²) in [5.41, 5.74) is 0.737. The number of nitrogens with one attached hydrogen (secondary N) is 2. The van der Waals surface area contributed by atoms with Gasteiger partial charge in [-0.15, -0.1) is 0 Å². The van der Waals surface area contributed by atoms with Crippen molar-refractivity contribution in [3.8, 4) is 0 Å². The lowest BCUT2D eigenvalue weighted by Gasteiger charge is -2.33. The molecular formula is C21H31FN4. The van der Waals surface area contributed by atoms with Crippen LogP contribution in [0.1, 0.15) is 51.0 Å². The van der Waals surface area contributed by atoms with Gasteiger partial charge < -0.3 is 15.5 Å². The number of likely N-dealkylation sites (tertiary alicyclic amines) is 1. The van der Waals surface area contributed by atoms with Crippen LogP contribution in [0.25, 0.3) is 0 Å². The number of piperidine rings is 1. The van der Waals surface area contributed by atoms with Gasteiger partial charge in [0.05, 0.1) is 6.54 Å². The summed E-state index contributed by atoms with van der Waals surface area (Å²) in [6.45, 7) is 5.99. The fraction of sp³-hybridized carbons (Fsp3) is 0.667. The van der Waals surface area contributed by atoms with Crippen molar-refractivity contribution in [3.63, 3.8) is 0 Å². The molecule has 2 N–H and O–H groups in total. The molecule has 0 radical (unpaired) electrons. The minimum atomic E-state index is -0.0942. The Hall–Kier alpha value is -1.62. The lowest BCUT2D eigenvalue weighted by molar-refractivity contribution is 0.197. The van der Waals surface area contributed by atoms with Gasteiger partial charge >= 0.3 is 0 Å². The standard InChI is InChI=1S/C21H31FN4/c1-2-23-20(25-16-9-13-26(14-10-16)17-7-8-17)24-15-21(11-12-21)18-5-3-4-6-19(18)22/h3-6,16-17H,2,7-15H2,1H3,(H2,23,24,25). The van der Waals surface area contributed by atoms with Crippen molar-refractivity contribution >= 4 is 5.96 Å². The Morgan fingerprint density at radius 2 is 1.92 bits per heavy atom. The zero-order valence-electron chi connectivity index (χ0n) is 15.8. The average molecular weight is 359 g/mol. The summed E-state index contributed by atoms with van der Waals surface area (Å²) in [6, 6.07) is 8.54. The summed E-state index contributed by atoms with van der Waals surface area (Å²) < 4.78 is 14.2. The van der Waals surface area contributed by atoms with E-state index in [9.17, 15) is 4.39 Å². The second-order valence-electron chi connectivity index (χ2n) is 8.14. The maximum absolute atomic E-state index is 14.2. The first-order valence-corrected chi connectivity index (χ1v) is 10.2. The average Bonchev–Trinajstić information content (AvgIpc) is 3.55. The quantitative estimate of drug-likeness (QED) is 0.607. The maximum atomic E-state index is 14.2. The lowest BCUT2D eigenvalue weighted by Crippen LogP contribution is -2.49. The Morgan fingerprint density at radius 1 is 1.19 bits per heavy atom. The van der Waals surface area contributed by atoms with E-state index in [1.54, 1.807) is 12.1 Å². The molecule has 1 aromatic rings. The molecule has 0 unspecified atom stereocenters. The highest BCUT2D eigenvalue weighted by molar-refractivity contribution is 5.80. The molecule has 3 aliphatic rings. The van der Waals surface area contributed by atoms with Gasteiger partial charge in [-0.1, -0.05) is 18.2 Å². The van der Waals surface area contributed by atoms with E-state index < -0.39 is 0 Å². The second kappa shape index (κ2) is 7.55. The first-order valence-electron chi connectivity index (χ1n) is 10.2. The number of halogens is 1. The van der Waals surface area contributed by atoms with Crippen LogP contribution in [0.15, 0.2) is 29.3 Å². The van der Waals surface area contributed by atoms with Crippen molar-refractivity contribution in [1.82, 2.24) is 15.5 Å². The monoisotopic (exact) mass is 358 g/mol. The van der Waals surface area contributed by atoms with E-state index in [-0.39, 0.29) is 11.2 Å². The summed E-state index contributed by atoms with van der Waals surface area (Å²) in [4.78, 5) is 7.48. The molecule has 5 heteroatoms. The summed E-state index contributed by atoms with van der Waals surface area (Å²) in [7, 11) is 0. The summed E-state index contributed by atoms with van der Waals surface area (Å²) in [5.74, 6) is 0.797. The van der Waals surface area contributed by atoms with Gasteiger partial charge in [0.1, 0.15) is 5.82 Å². The minimum absolute atomic E-state index is 0.0920. The van der Waals surface area contributed by atoms with Crippen molar-refractivity contribution in [1.29, 1.82) is 0 Å². The number of nitrogens with zero attached hydrogens (tertiary/aromatic N) is 2. The van der Waals surface area contributed by atoms with Gasteiger partial charge in [-0.2, -0.15) is 0 Å². The van der Waals surface area contributed by atoms with Crippen molar-refractivity contribution in [2.75, 3.05) is 26.2 Å². The van der Waals surface area contributed by atoms with Gasteiger partial charge in [-0.05, 0) is 57.1 Å². The van der Waals surface area contributed by atoms with Gasteiger partial charge in [0.25, 0.3) is 0 Å². The van der Waals surface area contributed by atoms with Crippen LogP contribution in [0, 0.1) is 5.82 Å². The van der Waals surface area contributed by atoms with E-state index in [0.29, 0.717) is 12.6 Å². The SMILES string of the molecule is CCNC(=NCC1(c2ccccc2F)CC1)NC1CCN(C2CC2)CC1. The highest BCUT2D eigenvalue weighted by Gasteiger charge is 2.45. The summed E-state index contributed by atoms with van der Waals surface area (Å²) >= 11 is 0. The highest BCUT2D eigenvalue weighted by atomic mass is 19.1. The zero-order chi connectivity index (χ0) is 18.0. The number of hydrogen-bond acceptors (Lipinski definition) is 2. The van der Waals surface area contributed by atoms with E-state index in [4.69, 9.17) is 4.99 Å². The van der Waals surface area contributed by atoms with Crippen LogP contribution in [-0.2, 0) is 5.41 Å².